The van der Waals surface area contributed by atoms with Crippen LogP contribution in [0.5, 0.6) is 0 Å². The normalized spacial score (nSPS) is 9.95. The highest BCUT2D eigenvalue weighted by atomic mass is 16.2. The molecule has 0 atom stereocenters. The number of hydrogen-bond acceptors (Lipinski definition) is 5. The van der Waals surface area contributed by atoms with E-state index < -0.39 is 11.8 Å². The molecule has 0 saturated carbocycles. The monoisotopic (exact) mass is 286 g/mol. The van der Waals surface area contributed by atoms with Crippen molar-refractivity contribution in [3.8, 4) is 5.69 Å². The summed E-state index contributed by atoms with van der Waals surface area (Å²) >= 11 is 0. The summed E-state index contributed by atoms with van der Waals surface area (Å²) in [5.74, 6) is -0.858. The average Bonchev–Trinajstić information content (AvgIpc) is 2.91. The molecule has 2 aromatic rings. The third kappa shape index (κ3) is 3.50. The molecule has 8 heteroatoms. The van der Waals surface area contributed by atoms with Crippen LogP contribution in [-0.4, -0.2) is 38.6 Å². The molecule has 21 heavy (non-hydrogen) atoms. The van der Waals surface area contributed by atoms with Gasteiger partial charge in [0.25, 0.3) is 0 Å². The van der Waals surface area contributed by atoms with Crippen LogP contribution in [0, 0.1) is 6.92 Å². The predicted molar refractivity (Wildman–Crippen MR) is 75.7 cm³/mol. The quantitative estimate of drug-likeness (QED) is 0.618. The molecule has 1 aromatic heterocycles. The molecule has 0 radical (unpaired) electrons. The Morgan fingerprint density at radius 3 is 2.86 bits per heavy atom. The zero-order chi connectivity index (χ0) is 15.2. The maximum absolute atomic E-state index is 11.7. The number of aromatic nitrogens is 4. The van der Waals surface area contributed by atoms with Crippen molar-refractivity contribution in [2.75, 3.05) is 11.9 Å². The average molecular weight is 286 g/mol. The molecule has 0 aliphatic heterocycles. The first-order chi connectivity index (χ1) is 10.1. The standard InChI is InChI=1S/C13H14N6O2/c1-3-7-14-12(20)13(21)15-10-5-4-6-11(8-10)19-9(2)16-17-18-19/h3-6,8H,1,7H2,2H3,(H,14,20)(H,15,21). The summed E-state index contributed by atoms with van der Waals surface area (Å²) < 4.78 is 1.52. The summed E-state index contributed by atoms with van der Waals surface area (Å²) in [6, 6.07) is 6.86. The topological polar surface area (TPSA) is 102 Å². The van der Waals surface area contributed by atoms with Crippen molar-refractivity contribution in [2.45, 2.75) is 6.92 Å². The lowest BCUT2D eigenvalue weighted by atomic mass is 10.2. The summed E-state index contributed by atoms with van der Waals surface area (Å²) in [6.07, 6.45) is 1.49. The smallest absolute Gasteiger partial charge is 0.313 e. The SMILES string of the molecule is C=CCNC(=O)C(=O)Nc1cccc(-n2nnnc2C)c1. The highest BCUT2D eigenvalue weighted by Crippen LogP contribution is 2.14. The summed E-state index contributed by atoms with van der Waals surface area (Å²) in [4.78, 5) is 23.1. The summed E-state index contributed by atoms with van der Waals surface area (Å²) in [5.41, 5.74) is 1.16. The van der Waals surface area contributed by atoms with E-state index in [1.807, 2.05) is 0 Å². The van der Waals surface area contributed by atoms with Crippen molar-refractivity contribution >= 4 is 17.5 Å². The molecule has 0 bridgehead atoms. The first kappa shape index (κ1) is 14.4. The Kier molecular flexibility index (Phi) is 4.39. The summed E-state index contributed by atoms with van der Waals surface area (Å²) in [6.45, 7) is 5.45. The molecule has 0 saturated heterocycles. The number of carbonyl (C=O) groups is 2. The van der Waals surface area contributed by atoms with Crippen LogP contribution < -0.4 is 10.6 Å². The fourth-order valence-corrected chi connectivity index (χ4v) is 1.62. The van der Waals surface area contributed by atoms with Crippen LogP contribution in [0.3, 0.4) is 0 Å². The number of carbonyl (C=O) groups excluding carboxylic acids is 2. The lowest BCUT2D eigenvalue weighted by molar-refractivity contribution is -0.136. The number of rotatable bonds is 4. The van der Waals surface area contributed by atoms with E-state index in [0.29, 0.717) is 17.2 Å². The van der Waals surface area contributed by atoms with E-state index in [-0.39, 0.29) is 6.54 Å². The van der Waals surface area contributed by atoms with Crippen LogP contribution in [0.1, 0.15) is 5.82 Å². The highest BCUT2D eigenvalue weighted by Gasteiger charge is 2.13. The van der Waals surface area contributed by atoms with Gasteiger partial charge in [-0.2, -0.15) is 4.68 Å². The van der Waals surface area contributed by atoms with E-state index in [2.05, 4.69) is 32.7 Å². The van der Waals surface area contributed by atoms with Gasteiger partial charge in [-0.3, -0.25) is 9.59 Å². The molecule has 8 nitrogen and oxygen atoms in total. The maximum atomic E-state index is 11.7. The Bertz CT molecular complexity index is 679. The van der Waals surface area contributed by atoms with Gasteiger partial charge >= 0.3 is 11.8 Å². The molecule has 0 aliphatic carbocycles. The second kappa shape index (κ2) is 6.42. The lowest BCUT2D eigenvalue weighted by Gasteiger charge is -2.07. The molecule has 108 valence electrons. The van der Waals surface area contributed by atoms with Crippen LogP contribution in [-0.2, 0) is 9.59 Å². The molecule has 0 aliphatic rings. The molecule has 2 amide bonds. The van der Waals surface area contributed by atoms with Gasteiger partial charge in [-0.1, -0.05) is 12.1 Å². The number of anilines is 1. The molecule has 0 fully saturated rings. The minimum absolute atomic E-state index is 0.232. The van der Waals surface area contributed by atoms with Gasteiger partial charge in [-0.25, -0.2) is 0 Å². The van der Waals surface area contributed by atoms with Gasteiger partial charge < -0.3 is 10.6 Å². The molecule has 1 heterocycles. The van der Waals surface area contributed by atoms with E-state index >= 15 is 0 Å². The van der Waals surface area contributed by atoms with E-state index in [4.69, 9.17) is 0 Å². The molecular formula is C13H14N6O2. The lowest BCUT2D eigenvalue weighted by Crippen LogP contribution is -2.35. The Morgan fingerprint density at radius 2 is 2.19 bits per heavy atom. The molecule has 1 aromatic carbocycles. The Hall–Kier alpha value is -3.03. The summed E-state index contributed by atoms with van der Waals surface area (Å²) in [5, 5.41) is 16.1. The van der Waals surface area contributed by atoms with Gasteiger partial charge in [-0.05, 0) is 35.5 Å². The van der Waals surface area contributed by atoms with Crippen LogP contribution in [0.15, 0.2) is 36.9 Å². The van der Waals surface area contributed by atoms with Gasteiger partial charge in [0, 0.05) is 12.2 Å². The largest absolute Gasteiger partial charge is 0.344 e. The van der Waals surface area contributed by atoms with Crippen LogP contribution in [0.2, 0.25) is 0 Å². The summed E-state index contributed by atoms with van der Waals surface area (Å²) in [7, 11) is 0. The first-order valence-corrected chi connectivity index (χ1v) is 6.17. The fourth-order valence-electron chi connectivity index (χ4n) is 1.62. The van der Waals surface area contributed by atoms with E-state index in [1.54, 1.807) is 31.2 Å². The predicted octanol–water partition coefficient (Wildman–Crippen LogP) is 0.211. The number of aryl methyl sites for hydroxylation is 1. The third-order valence-corrected chi connectivity index (χ3v) is 2.59. The zero-order valence-electron chi connectivity index (χ0n) is 11.4. The van der Waals surface area contributed by atoms with Crippen molar-refractivity contribution in [3.05, 3.63) is 42.7 Å². The number of hydrogen-bond donors (Lipinski definition) is 2. The number of amides is 2. The Balaban J connectivity index is 2.11. The van der Waals surface area contributed by atoms with Crippen LogP contribution in [0.25, 0.3) is 5.69 Å². The number of nitrogens with one attached hydrogen (secondary N) is 2. The minimum Gasteiger partial charge on any atom is -0.344 e. The minimum atomic E-state index is -0.748. The maximum Gasteiger partial charge on any atom is 0.313 e. The van der Waals surface area contributed by atoms with Crippen molar-refractivity contribution in [1.29, 1.82) is 0 Å². The zero-order valence-corrected chi connectivity index (χ0v) is 11.4. The van der Waals surface area contributed by atoms with Crippen LogP contribution in [0.4, 0.5) is 5.69 Å². The van der Waals surface area contributed by atoms with Gasteiger partial charge in [0.2, 0.25) is 0 Å². The van der Waals surface area contributed by atoms with Crippen molar-refractivity contribution in [2.24, 2.45) is 0 Å². The third-order valence-electron chi connectivity index (χ3n) is 2.59. The van der Waals surface area contributed by atoms with Crippen molar-refractivity contribution < 1.29 is 9.59 Å². The number of benzene rings is 1. The fraction of sp³-hybridized carbons (Fsp3) is 0.154. The Morgan fingerprint density at radius 1 is 1.38 bits per heavy atom. The van der Waals surface area contributed by atoms with E-state index in [0.717, 1.165) is 0 Å². The molecule has 2 N–H and O–H groups in total. The second-order valence-corrected chi connectivity index (χ2v) is 4.14. The van der Waals surface area contributed by atoms with Crippen molar-refractivity contribution in [1.82, 2.24) is 25.5 Å². The highest BCUT2D eigenvalue weighted by molar-refractivity contribution is 6.39. The Labute approximate surface area is 120 Å². The number of nitrogens with zero attached hydrogens (tertiary/aromatic N) is 4. The van der Waals surface area contributed by atoms with Gasteiger partial charge in [0.15, 0.2) is 5.82 Å². The van der Waals surface area contributed by atoms with Gasteiger partial charge in [-0.15, -0.1) is 11.7 Å². The number of tetrazole rings is 1. The molecule has 2 rings (SSSR count). The van der Waals surface area contributed by atoms with Gasteiger partial charge in [0.05, 0.1) is 5.69 Å². The van der Waals surface area contributed by atoms with E-state index in [1.165, 1.54) is 10.8 Å². The molecular weight excluding hydrogens is 272 g/mol. The van der Waals surface area contributed by atoms with Crippen LogP contribution >= 0.6 is 0 Å². The van der Waals surface area contributed by atoms with E-state index in [9.17, 15) is 9.59 Å². The first-order valence-electron chi connectivity index (χ1n) is 6.17. The van der Waals surface area contributed by atoms with Crippen molar-refractivity contribution in [3.63, 3.8) is 0 Å². The van der Waals surface area contributed by atoms with Gasteiger partial charge in [0.1, 0.15) is 0 Å². The second-order valence-electron chi connectivity index (χ2n) is 4.14. The molecule has 0 spiro atoms. The molecule has 0 unspecified atom stereocenters.